The minimum atomic E-state index is -0.508. The van der Waals surface area contributed by atoms with E-state index in [-0.39, 0.29) is 35.0 Å². The molecule has 0 bridgehead atoms. The normalized spacial score (nSPS) is 32.0. The van der Waals surface area contributed by atoms with Crippen molar-refractivity contribution >= 4 is 22.4 Å². The third-order valence-electron chi connectivity index (χ3n) is 6.98. The summed E-state index contributed by atoms with van der Waals surface area (Å²) >= 11 is 1.73. The lowest BCUT2D eigenvalue weighted by Crippen LogP contribution is -2.53. The van der Waals surface area contributed by atoms with Gasteiger partial charge in [-0.05, 0) is 36.5 Å². The molecule has 2 aliphatic rings. The molecule has 0 radical (unpaired) electrons. The fraction of sp³-hybridized carbons (Fsp3) is 0.727. The van der Waals surface area contributed by atoms with Gasteiger partial charge in [-0.3, -0.25) is 4.79 Å². The van der Waals surface area contributed by atoms with Crippen LogP contribution in [0.2, 0.25) is 0 Å². The van der Waals surface area contributed by atoms with Crippen molar-refractivity contribution in [3.8, 4) is 0 Å². The Labute approximate surface area is 178 Å². The number of ether oxygens (including phenoxy) is 1. The first-order valence-corrected chi connectivity index (χ1v) is 11.4. The molecule has 29 heavy (non-hydrogen) atoms. The first-order chi connectivity index (χ1) is 13.8. The smallest absolute Gasteiger partial charge is 0.223 e. The molecule has 1 heterocycles. The fourth-order valence-corrected chi connectivity index (χ4v) is 6.68. The molecule has 0 aromatic carbocycles. The Kier molecular flexibility index (Phi) is 7.02. The molecule has 6 unspecified atom stereocenters. The van der Waals surface area contributed by atoms with Crippen LogP contribution in [-0.2, 0) is 16.0 Å². The molecule has 1 aromatic rings. The average Bonchev–Trinajstić information content (AvgIpc) is 3.08. The van der Waals surface area contributed by atoms with Gasteiger partial charge in [0.05, 0.1) is 18.4 Å². The summed E-state index contributed by atoms with van der Waals surface area (Å²) in [6, 6.07) is 0. The molecule has 1 aromatic heterocycles. The summed E-state index contributed by atoms with van der Waals surface area (Å²) in [6.45, 7) is 11.9. The van der Waals surface area contributed by atoms with Gasteiger partial charge in [0.2, 0.25) is 5.91 Å². The number of thiazole rings is 1. The molecule has 6 nitrogen and oxygen atoms in total. The van der Waals surface area contributed by atoms with Crippen LogP contribution >= 0.6 is 11.3 Å². The van der Waals surface area contributed by atoms with E-state index in [9.17, 15) is 9.90 Å². The Balaban J connectivity index is 1.77. The van der Waals surface area contributed by atoms with Gasteiger partial charge in [-0.1, -0.05) is 26.8 Å². The van der Waals surface area contributed by atoms with Crippen LogP contribution in [0.4, 0.5) is 5.13 Å². The molecule has 0 aliphatic heterocycles. The van der Waals surface area contributed by atoms with Crippen molar-refractivity contribution in [2.45, 2.75) is 52.1 Å². The molecule has 7 heteroatoms. The second kappa shape index (κ2) is 9.14. The topological polar surface area (TPSA) is 83.5 Å². The molecular weight excluding hydrogens is 386 g/mol. The Hall–Kier alpha value is -1.44. The van der Waals surface area contributed by atoms with Crippen LogP contribution in [0.25, 0.3) is 0 Å². The average molecular weight is 422 g/mol. The summed E-state index contributed by atoms with van der Waals surface area (Å²) in [4.78, 5) is 18.7. The number of nitrogens with zero attached hydrogens (tertiary/aromatic N) is 1. The predicted molar refractivity (Wildman–Crippen MR) is 117 cm³/mol. The minimum Gasteiger partial charge on any atom is -0.392 e. The zero-order valence-electron chi connectivity index (χ0n) is 18.0. The van der Waals surface area contributed by atoms with Crippen molar-refractivity contribution in [2.75, 3.05) is 32.1 Å². The van der Waals surface area contributed by atoms with E-state index in [4.69, 9.17) is 9.72 Å². The van der Waals surface area contributed by atoms with Gasteiger partial charge in [-0.2, -0.15) is 0 Å². The zero-order valence-corrected chi connectivity index (χ0v) is 18.8. The molecule has 6 atom stereocenters. The van der Waals surface area contributed by atoms with Gasteiger partial charge in [0, 0.05) is 36.9 Å². The van der Waals surface area contributed by atoms with Crippen LogP contribution in [0.1, 0.15) is 50.1 Å². The maximum atomic E-state index is 12.6. The lowest BCUT2D eigenvalue weighted by atomic mass is 9.53. The summed E-state index contributed by atoms with van der Waals surface area (Å²) in [5.41, 5.74) is 1.15. The Morgan fingerprint density at radius 3 is 3.00 bits per heavy atom. The lowest BCUT2D eigenvalue weighted by molar-refractivity contribution is -0.135. The molecular formula is C22H35N3O3S. The second-order valence-corrected chi connectivity index (χ2v) is 9.99. The highest BCUT2D eigenvalue weighted by atomic mass is 32.1. The number of carbonyl (C=O) groups excluding carboxylic acids is 1. The summed E-state index contributed by atoms with van der Waals surface area (Å²) in [5, 5.41) is 18.6. The summed E-state index contributed by atoms with van der Waals surface area (Å²) < 4.78 is 5.02. The van der Waals surface area contributed by atoms with E-state index < -0.39 is 6.10 Å². The van der Waals surface area contributed by atoms with Gasteiger partial charge in [-0.15, -0.1) is 17.9 Å². The van der Waals surface area contributed by atoms with E-state index >= 15 is 0 Å². The summed E-state index contributed by atoms with van der Waals surface area (Å²) in [6.07, 6.45) is 4.16. The van der Waals surface area contributed by atoms with E-state index in [2.05, 4.69) is 31.1 Å². The number of carbonyl (C=O) groups is 1. The number of aliphatic hydroxyl groups is 1. The Bertz CT molecular complexity index is 737. The molecule has 162 valence electrons. The number of rotatable bonds is 8. The fourth-order valence-electron chi connectivity index (χ4n) is 5.41. The van der Waals surface area contributed by atoms with Gasteiger partial charge < -0.3 is 20.5 Å². The number of methoxy groups -OCH3 is 1. The van der Waals surface area contributed by atoms with Crippen molar-refractivity contribution in [1.29, 1.82) is 0 Å². The number of hydrogen-bond acceptors (Lipinski definition) is 6. The maximum Gasteiger partial charge on any atom is 0.223 e. The van der Waals surface area contributed by atoms with Crippen LogP contribution in [0, 0.1) is 23.2 Å². The number of amides is 1. The van der Waals surface area contributed by atoms with E-state index in [0.717, 1.165) is 30.1 Å². The van der Waals surface area contributed by atoms with Crippen molar-refractivity contribution in [2.24, 2.45) is 23.2 Å². The van der Waals surface area contributed by atoms with E-state index in [1.807, 2.05) is 13.0 Å². The largest absolute Gasteiger partial charge is 0.392 e. The predicted octanol–water partition coefficient (Wildman–Crippen LogP) is 3.19. The molecule has 1 amide bonds. The first kappa shape index (κ1) is 22.2. The van der Waals surface area contributed by atoms with Crippen molar-refractivity contribution in [3.63, 3.8) is 0 Å². The van der Waals surface area contributed by atoms with Crippen molar-refractivity contribution < 1.29 is 14.6 Å². The quantitative estimate of drug-likeness (QED) is 0.443. The molecule has 0 saturated heterocycles. The highest BCUT2D eigenvalue weighted by Crippen LogP contribution is 2.57. The highest BCUT2D eigenvalue weighted by Gasteiger charge is 2.53. The number of aliphatic hydroxyl groups excluding tert-OH is 1. The highest BCUT2D eigenvalue weighted by molar-refractivity contribution is 7.15. The van der Waals surface area contributed by atoms with Crippen molar-refractivity contribution in [3.05, 3.63) is 23.2 Å². The third kappa shape index (κ3) is 4.37. The standard InChI is InChI=1S/C22H35N3O3S/c1-6-9-24-21-25-18-14(3)17-19(26)15(13(2)20(27)23-10-11-28-5)7-8-22(17,4)12-16(18)29-21/h6,13-15,17,19,26H,1,7-12H2,2-5H3,(H,23,27)(H,24,25). The van der Waals surface area contributed by atoms with Gasteiger partial charge in [0.1, 0.15) is 0 Å². The third-order valence-corrected chi connectivity index (χ3v) is 8.01. The van der Waals surface area contributed by atoms with Gasteiger partial charge in [0.15, 0.2) is 5.13 Å². The number of fused-ring (bicyclic) bond motifs is 2. The molecule has 1 fully saturated rings. The molecule has 3 N–H and O–H groups in total. The Morgan fingerprint density at radius 2 is 2.31 bits per heavy atom. The maximum absolute atomic E-state index is 12.6. The van der Waals surface area contributed by atoms with E-state index in [1.54, 1.807) is 18.4 Å². The van der Waals surface area contributed by atoms with Gasteiger partial charge >= 0.3 is 0 Å². The zero-order chi connectivity index (χ0) is 21.2. The molecule has 1 saturated carbocycles. The number of anilines is 1. The van der Waals surface area contributed by atoms with E-state index in [0.29, 0.717) is 19.7 Å². The monoisotopic (exact) mass is 421 g/mol. The van der Waals surface area contributed by atoms with Crippen LogP contribution in [-0.4, -0.2) is 48.9 Å². The number of aromatic nitrogens is 1. The molecule has 2 aliphatic carbocycles. The molecule has 3 rings (SSSR count). The minimum absolute atomic E-state index is 0.00317. The Morgan fingerprint density at radius 1 is 1.55 bits per heavy atom. The first-order valence-electron chi connectivity index (χ1n) is 10.6. The summed E-state index contributed by atoms with van der Waals surface area (Å²) in [5.74, 6) is 0.0264. The molecule has 0 spiro atoms. The van der Waals surface area contributed by atoms with E-state index in [1.165, 1.54) is 4.88 Å². The summed E-state index contributed by atoms with van der Waals surface area (Å²) in [7, 11) is 1.62. The van der Waals surface area contributed by atoms with Gasteiger partial charge in [-0.25, -0.2) is 4.98 Å². The SMILES string of the molecule is C=CCNc1nc2c(s1)CC1(C)CCC(C(C)C(=O)NCCOC)C(O)C1C2C. The van der Waals surface area contributed by atoms with Crippen molar-refractivity contribution in [1.82, 2.24) is 10.3 Å². The lowest BCUT2D eigenvalue weighted by Gasteiger charge is -2.53. The second-order valence-electron chi connectivity index (χ2n) is 8.91. The number of hydrogen-bond donors (Lipinski definition) is 3. The van der Waals surface area contributed by atoms with Crippen LogP contribution < -0.4 is 10.6 Å². The van der Waals surface area contributed by atoms with Crippen LogP contribution in [0.15, 0.2) is 12.7 Å². The van der Waals surface area contributed by atoms with Crippen LogP contribution in [0.5, 0.6) is 0 Å². The van der Waals surface area contributed by atoms with Gasteiger partial charge in [0.25, 0.3) is 0 Å². The van der Waals surface area contributed by atoms with Crippen LogP contribution in [0.3, 0.4) is 0 Å². The number of nitrogens with one attached hydrogen (secondary N) is 2.